The molecule has 1 aromatic heterocycles. The average molecular weight is 327 g/mol. The molecule has 2 aliphatic rings. The van der Waals surface area contributed by atoms with Gasteiger partial charge in [0.05, 0.1) is 42.0 Å². The van der Waals surface area contributed by atoms with Crippen LogP contribution in [0.25, 0.3) is 11.3 Å². The summed E-state index contributed by atoms with van der Waals surface area (Å²) in [4.78, 5) is 4.33. The van der Waals surface area contributed by atoms with E-state index in [-0.39, 0.29) is 12.0 Å². The van der Waals surface area contributed by atoms with Crippen LogP contribution in [0.5, 0.6) is 0 Å². The van der Waals surface area contributed by atoms with Crippen LogP contribution >= 0.6 is 0 Å². The molecule has 1 N–H and O–H groups in total. The number of nitriles is 1. The molecule has 0 radical (unpaired) electrons. The van der Waals surface area contributed by atoms with E-state index >= 15 is 0 Å². The Morgan fingerprint density at radius 1 is 1.16 bits per heavy atom. The second-order valence-corrected chi connectivity index (χ2v) is 6.89. The fourth-order valence-electron chi connectivity index (χ4n) is 4.53. The van der Waals surface area contributed by atoms with Crippen LogP contribution in [0.1, 0.15) is 40.8 Å². The molecular weight excluding hydrogens is 310 g/mol. The Hall–Kier alpha value is -2.90. The van der Waals surface area contributed by atoms with Gasteiger partial charge in [-0.1, -0.05) is 30.3 Å². The molecule has 0 saturated heterocycles. The minimum absolute atomic E-state index is 0.0945. The average Bonchev–Trinajstić information content (AvgIpc) is 3.23. The highest BCUT2D eigenvalue weighted by Gasteiger charge is 2.40. The lowest BCUT2D eigenvalue weighted by molar-refractivity contribution is 0.0720. The fourth-order valence-corrected chi connectivity index (χ4v) is 4.53. The van der Waals surface area contributed by atoms with Gasteiger partial charge in [0.2, 0.25) is 0 Å². The number of hydrogen-bond donors (Lipinski definition) is 1. The molecule has 4 heteroatoms. The molecular formula is C21H17N3O. The Balaban J connectivity index is 1.60. The molecule has 122 valence electrons. The van der Waals surface area contributed by atoms with Gasteiger partial charge < -0.3 is 9.67 Å². The van der Waals surface area contributed by atoms with Crippen molar-refractivity contribution in [3.8, 4) is 17.3 Å². The van der Waals surface area contributed by atoms with Crippen molar-refractivity contribution in [2.75, 3.05) is 0 Å². The molecule has 0 saturated carbocycles. The predicted octanol–water partition coefficient (Wildman–Crippen LogP) is 3.62. The van der Waals surface area contributed by atoms with Crippen molar-refractivity contribution in [2.45, 2.75) is 25.0 Å². The molecule has 25 heavy (non-hydrogen) atoms. The summed E-state index contributed by atoms with van der Waals surface area (Å²) in [7, 11) is 0. The number of fused-ring (bicyclic) bond motifs is 4. The summed E-state index contributed by atoms with van der Waals surface area (Å²) in [5.74, 6) is 0.0945. The zero-order chi connectivity index (χ0) is 17.0. The van der Waals surface area contributed by atoms with Gasteiger partial charge in [-0.15, -0.1) is 0 Å². The van der Waals surface area contributed by atoms with E-state index in [4.69, 9.17) is 5.26 Å². The Labute approximate surface area is 146 Å². The molecule has 0 unspecified atom stereocenters. The second-order valence-electron chi connectivity index (χ2n) is 6.89. The van der Waals surface area contributed by atoms with Crippen LogP contribution in [0.3, 0.4) is 0 Å². The summed E-state index contributed by atoms with van der Waals surface area (Å²) in [6.07, 6.45) is 5.01. The molecule has 2 heterocycles. The number of rotatable bonds is 1. The maximum absolute atomic E-state index is 11.1. The van der Waals surface area contributed by atoms with Gasteiger partial charge in [0.25, 0.3) is 0 Å². The fraction of sp³-hybridized carbons (Fsp3) is 0.238. The van der Waals surface area contributed by atoms with Crippen molar-refractivity contribution in [2.24, 2.45) is 5.92 Å². The molecule has 0 fully saturated rings. The van der Waals surface area contributed by atoms with E-state index in [0.29, 0.717) is 5.56 Å². The van der Waals surface area contributed by atoms with Crippen LogP contribution in [0.2, 0.25) is 0 Å². The highest BCUT2D eigenvalue weighted by Crippen LogP contribution is 2.49. The van der Waals surface area contributed by atoms with Gasteiger partial charge in [0, 0.05) is 11.5 Å². The minimum atomic E-state index is -0.539. The number of aryl methyl sites for hydroxylation is 1. The van der Waals surface area contributed by atoms with Gasteiger partial charge in [-0.2, -0.15) is 5.26 Å². The zero-order valence-electron chi connectivity index (χ0n) is 13.6. The maximum Gasteiger partial charge on any atom is 0.0991 e. The first kappa shape index (κ1) is 14.4. The second kappa shape index (κ2) is 5.30. The number of benzene rings is 2. The smallest absolute Gasteiger partial charge is 0.0991 e. The first-order valence-corrected chi connectivity index (χ1v) is 8.60. The third-order valence-corrected chi connectivity index (χ3v) is 5.67. The number of nitrogens with zero attached hydrogens (tertiary/aromatic N) is 3. The Morgan fingerprint density at radius 2 is 2.04 bits per heavy atom. The van der Waals surface area contributed by atoms with Crippen LogP contribution < -0.4 is 0 Å². The van der Waals surface area contributed by atoms with Crippen molar-refractivity contribution in [1.29, 1.82) is 5.26 Å². The molecule has 3 aromatic rings. The SMILES string of the molecule is N#Cc1ccc2c(c1)CC[C@H]([C@H]1c3ccccc3-c3cncn31)[C@@H]2O. The molecule has 0 spiro atoms. The summed E-state index contributed by atoms with van der Waals surface area (Å²) in [6.45, 7) is 0. The van der Waals surface area contributed by atoms with Gasteiger partial charge >= 0.3 is 0 Å². The standard InChI is InChI=1S/C21H17N3O/c22-10-13-5-7-15-14(9-13)6-8-18(21(15)25)20-17-4-2-1-3-16(17)19-11-23-12-24(19)20/h1-5,7,9,11-12,18,20-21,25H,6,8H2/t18-,20-,21-/m1/s1. The monoisotopic (exact) mass is 327 g/mol. The van der Waals surface area contributed by atoms with Crippen molar-refractivity contribution < 1.29 is 5.11 Å². The van der Waals surface area contributed by atoms with Crippen molar-refractivity contribution >= 4 is 0 Å². The number of aliphatic hydroxyl groups excluding tert-OH is 1. The number of aromatic nitrogens is 2. The summed E-state index contributed by atoms with van der Waals surface area (Å²) < 4.78 is 2.20. The Morgan fingerprint density at radius 3 is 2.92 bits per heavy atom. The van der Waals surface area contributed by atoms with Crippen LogP contribution in [0.4, 0.5) is 0 Å². The molecule has 0 amide bonds. The number of imidazole rings is 1. The molecule has 3 atom stereocenters. The normalized spacial score (nSPS) is 23.4. The largest absolute Gasteiger partial charge is 0.388 e. The van der Waals surface area contributed by atoms with E-state index in [1.807, 2.05) is 24.7 Å². The summed E-state index contributed by atoms with van der Waals surface area (Å²) in [5.41, 5.74) is 6.32. The number of hydrogen-bond acceptors (Lipinski definition) is 3. The van der Waals surface area contributed by atoms with Gasteiger partial charge in [-0.25, -0.2) is 4.98 Å². The highest BCUT2D eigenvalue weighted by molar-refractivity contribution is 5.69. The highest BCUT2D eigenvalue weighted by atomic mass is 16.3. The van der Waals surface area contributed by atoms with Crippen LogP contribution in [0.15, 0.2) is 55.0 Å². The molecule has 2 aromatic carbocycles. The lowest BCUT2D eigenvalue weighted by Crippen LogP contribution is -2.28. The molecule has 5 rings (SSSR count). The van der Waals surface area contributed by atoms with Gasteiger partial charge in [0.1, 0.15) is 0 Å². The van der Waals surface area contributed by atoms with Crippen molar-refractivity contribution in [3.05, 3.63) is 77.2 Å². The van der Waals surface area contributed by atoms with E-state index in [2.05, 4.69) is 39.9 Å². The van der Waals surface area contributed by atoms with E-state index in [9.17, 15) is 5.11 Å². The molecule has 1 aliphatic carbocycles. The van der Waals surface area contributed by atoms with Crippen LogP contribution in [-0.2, 0) is 6.42 Å². The van der Waals surface area contributed by atoms with E-state index in [1.165, 1.54) is 11.1 Å². The molecule has 0 bridgehead atoms. The van der Waals surface area contributed by atoms with Gasteiger partial charge in [0.15, 0.2) is 0 Å². The van der Waals surface area contributed by atoms with E-state index in [0.717, 1.165) is 29.7 Å². The molecule has 4 nitrogen and oxygen atoms in total. The molecule has 1 aliphatic heterocycles. The third-order valence-electron chi connectivity index (χ3n) is 5.67. The third kappa shape index (κ3) is 2.00. The summed E-state index contributed by atoms with van der Waals surface area (Å²) in [6, 6.07) is 16.3. The topological polar surface area (TPSA) is 61.8 Å². The first-order chi connectivity index (χ1) is 12.3. The van der Waals surface area contributed by atoms with E-state index in [1.54, 1.807) is 6.07 Å². The number of aliphatic hydroxyl groups is 1. The summed E-state index contributed by atoms with van der Waals surface area (Å²) in [5, 5.41) is 20.2. The Bertz CT molecular complexity index is 1010. The maximum atomic E-state index is 11.1. The van der Waals surface area contributed by atoms with Gasteiger partial charge in [-0.3, -0.25) is 0 Å². The van der Waals surface area contributed by atoms with Gasteiger partial charge in [-0.05, 0) is 41.7 Å². The van der Waals surface area contributed by atoms with Crippen molar-refractivity contribution in [1.82, 2.24) is 9.55 Å². The van der Waals surface area contributed by atoms with Crippen molar-refractivity contribution in [3.63, 3.8) is 0 Å². The first-order valence-electron chi connectivity index (χ1n) is 8.60. The summed E-state index contributed by atoms with van der Waals surface area (Å²) >= 11 is 0. The minimum Gasteiger partial charge on any atom is -0.388 e. The predicted molar refractivity (Wildman–Crippen MR) is 93.7 cm³/mol. The van der Waals surface area contributed by atoms with Crippen LogP contribution in [0, 0.1) is 17.2 Å². The lowest BCUT2D eigenvalue weighted by Gasteiger charge is -2.35. The zero-order valence-corrected chi connectivity index (χ0v) is 13.6. The lowest BCUT2D eigenvalue weighted by atomic mass is 9.75. The van der Waals surface area contributed by atoms with Crippen LogP contribution in [-0.4, -0.2) is 14.7 Å². The Kier molecular flexibility index (Phi) is 3.06. The quantitative estimate of drug-likeness (QED) is 0.742. The van der Waals surface area contributed by atoms with E-state index < -0.39 is 6.10 Å².